The Morgan fingerprint density at radius 2 is 1.76 bits per heavy atom. The summed E-state index contributed by atoms with van der Waals surface area (Å²) in [4.78, 5) is 16.0. The molecule has 0 bridgehead atoms. The van der Waals surface area contributed by atoms with Gasteiger partial charge in [0.2, 0.25) is 5.91 Å². The molecule has 4 rings (SSSR count). The average Bonchev–Trinajstić information content (AvgIpc) is 3.20. The monoisotopic (exact) mass is 406 g/mol. The molecule has 0 saturated heterocycles. The molecule has 0 radical (unpaired) electrons. The smallest absolute Gasteiger partial charge is 0.221 e. The second-order valence-corrected chi connectivity index (χ2v) is 7.53. The molecule has 1 amide bonds. The number of aromatic nitrogens is 1. The van der Waals surface area contributed by atoms with Gasteiger partial charge in [-0.1, -0.05) is 61.8 Å². The van der Waals surface area contributed by atoms with Crippen LogP contribution in [-0.4, -0.2) is 10.9 Å². The van der Waals surface area contributed by atoms with E-state index >= 15 is 0 Å². The Morgan fingerprint density at radius 3 is 2.45 bits per heavy atom. The minimum absolute atomic E-state index is 0.282. The lowest BCUT2D eigenvalue weighted by Gasteiger charge is -2.12. The van der Waals surface area contributed by atoms with Gasteiger partial charge in [-0.05, 0) is 66.1 Å². The number of hydrogen-bond donors (Lipinski definition) is 1. The Labute approximate surface area is 177 Å². The van der Waals surface area contributed by atoms with Gasteiger partial charge in [-0.25, -0.2) is 0 Å². The van der Waals surface area contributed by atoms with Crippen molar-refractivity contribution in [2.24, 2.45) is 5.73 Å². The summed E-state index contributed by atoms with van der Waals surface area (Å²) in [5.74, 6) is -0.305. The summed E-state index contributed by atoms with van der Waals surface area (Å²) >= 11 is 6.17. The molecule has 1 aliphatic carbocycles. The Bertz CT molecular complexity index is 996. The molecule has 2 aromatic carbocycles. The number of halogens is 1. The van der Waals surface area contributed by atoms with Crippen LogP contribution in [0.4, 0.5) is 0 Å². The molecule has 0 unspecified atom stereocenters. The van der Waals surface area contributed by atoms with Gasteiger partial charge in [-0.3, -0.25) is 9.78 Å². The molecule has 0 saturated carbocycles. The van der Waals surface area contributed by atoms with Crippen molar-refractivity contribution in [3.05, 3.63) is 87.6 Å². The van der Waals surface area contributed by atoms with Crippen LogP contribution < -0.4 is 5.73 Å². The van der Waals surface area contributed by atoms with E-state index in [1.165, 1.54) is 22.4 Å². The molecule has 1 aromatic heterocycles. The van der Waals surface area contributed by atoms with Crippen molar-refractivity contribution in [1.29, 1.82) is 0 Å². The number of nitrogens with zero attached hydrogens (tertiary/aromatic N) is 1. The third-order valence-electron chi connectivity index (χ3n) is 5.06. The van der Waals surface area contributed by atoms with Gasteiger partial charge >= 0.3 is 0 Å². The van der Waals surface area contributed by atoms with Crippen LogP contribution in [0.25, 0.3) is 11.3 Å². The second kappa shape index (κ2) is 9.71. The molecule has 150 valence electrons. The van der Waals surface area contributed by atoms with Gasteiger partial charge in [0.05, 0.1) is 12.1 Å². The summed E-state index contributed by atoms with van der Waals surface area (Å²) in [6.07, 6.45) is 4.42. The lowest BCUT2D eigenvalue weighted by Crippen LogP contribution is -2.13. The fourth-order valence-corrected chi connectivity index (χ4v) is 3.97. The van der Waals surface area contributed by atoms with Crippen molar-refractivity contribution < 1.29 is 4.79 Å². The average molecular weight is 407 g/mol. The van der Waals surface area contributed by atoms with Gasteiger partial charge < -0.3 is 5.73 Å². The molecular weight excluding hydrogens is 380 g/mol. The van der Waals surface area contributed by atoms with E-state index in [4.69, 9.17) is 22.3 Å². The number of aryl methyl sites for hydroxylation is 1. The number of pyridine rings is 1. The summed E-state index contributed by atoms with van der Waals surface area (Å²) < 4.78 is 0. The molecule has 3 aromatic rings. The normalized spacial score (nSPS) is 12.1. The zero-order valence-corrected chi connectivity index (χ0v) is 17.8. The fraction of sp³-hybridized carbons (Fsp3) is 0.280. The second-order valence-electron chi connectivity index (χ2n) is 7.09. The predicted octanol–water partition coefficient (Wildman–Crippen LogP) is 5.54. The summed E-state index contributed by atoms with van der Waals surface area (Å²) in [7, 11) is 0. The zero-order valence-electron chi connectivity index (χ0n) is 17.0. The predicted molar refractivity (Wildman–Crippen MR) is 120 cm³/mol. The largest absolute Gasteiger partial charge is 0.369 e. The summed E-state index contributed by atoms with van der Waals surface area (Å²) in [5.41, 5.74) is 13.4. The Morgan fingerprint density at radius 1 is 1.03 bits per heavy atom. The first-order chi connectivity index (χ1) is 14.1. The van der Waals surface area contributed by atoms with Crippen molar-refractivity contribution >= 4 is 17.5 Å². The number of nitrogens with two attached hydrogens (primary N) is 1. The summed E-state index contributed by atoms with van der Waals surface area (Å²) in [6.45, 7) is 4.00. The van der Waals surface area contributed by atoms with Gasteiger partial charge in [0.1, 0.15) is 0 Å². The molecular formula is C25H27ClN2O. The quantitative estimate of drug-likeness (QED) is 0.605. The molecule has 0 fully saturated rings. The van der Waals surface area contributed by atoms with Crippen LogP contribution in [0.5, 0.6) is 0 Å². The molecule has 1 heterocycles. The number of amides is 1. The number of carbonyl (C=O) groups excluding carboxylic acids is 1. The third-order valence-corrected chi connectivity index (χ3v) is 5.29. The first-order valence-electron chi connectivity index (χ1n) is 10.2. The zero-order chi connectivity index (χ0) is 20.8. The molecule has 4 heteroatoms. The minimum Gasteiger partial charge on any atom is -0.369 e. The summed E-state index contributed by atoms with van der Waals surface area (Å²) in [6, 6.07) is 18.2. The molecule has 0 spiro atoms. The van der Waals surface area contributed by atoms with E-state index in [1.54, 1.807) is 0 Å². The number of hydrogen-bond acceptors (Lipinski definition) is 2. The highest BCUT2D eigenvalue weighted by molar-refractivity contribution is 6.30. The van der Waals surface area contributed by atoms with Crippen LogP contribution in [0.15, 0.2) is 54.6 Å². The lowest BCUT2D eigenvalue weighted by atomic mass is 9.96. The highest BCUT2D eigenvalue weighted by Gasteiger charge is 2.18. The van der Waals surface area contributed by atoms with E-state index < -0.39 is 0 Å². The van der Waals surface area contributed by atoms with Gasteiger partial charge in [-0.15, -0.1) is 0 Å². The van der Waals surface area contributed by atoms with E-state index in [-0.39, 0.29) is 12.3 Å². The summed E-state index contributed by atoms with van der Waals surface area (Å²) in [5, 5.41) is 0.724. The number of primary amides is 1. The first-order valence-corrected chi connectivity index (χ1v) is 10.6. The molecule has 0 aliphatic heterocycles. The van der Waals surface area contributed by atoms with Crippen LogP contribution in [0.2, 0.25) is 5.02 Å². The standard InChI is InChI=1S/C23H21ClN2O.C2H6/c24-19-4-1-3-17(13-19)22-14-18(20-5-2-6-21(20)26-22)11-15-7-9-16(10-8-15)12-23(25)27;1-2/h1,3-4,7-10,13-14H,2,5-6,11-12H2,(H2,25,27);1-2H3. The van der Waals surface area contributed by atoms with Gasteiger partial charge in [0, 0.05) is 16.3 Å². The SMILES string of the molecule is CC.NC(=O)Cc1ccc(Cc2cc(-c3cccc(Cl)c3)nc3c2CCC3)cc1. The molecule has 3 nitrogen and oxygen atoms in total. The van der Waals surface area contributed by atoms with Gasteiger partial charge in [0.25, 0.3) is 0 Å². The third kappa shape index (κ3) is 5.24. The number of fused-ring (bicyclic) bond motifs is 1. The van der Waals surface area contributed by atoms with Crippen molar-refractivity contribution in [2.45, 2.75) is 46.0 Å². The Kier molecular flexibility index (Phi) is 7.05. The molecule has 2 N–H and O–H groups in total. The minimum atomic E-state index is -0.305. The lowest BCUT2D eigenvalue weighted by molar-refractivity contribution is -0.117. The van der Waals surface area contributed by atoms with Crippen LogP contribution in [0.1, 0.15) is 48.2 Å². The van der Waals surface area contributed by atoms with Gasteiger partial charge in [-0.2, -0.15) is 0 Å². The topological polar surface area (TPSA) is 56.0 Å². The number of benzene rings is 2. The number of rotatable bonds is 5. The van der Waals surface area contributed by atoms with E-state index in [2.05, 4.69) is 24.3 Å². The van der Waals surface area contributed by atoms with Crippen LogP contribution in [-0.2, 0) is 30.5 Å². The Hall–Kier alpha value is -2.65. The highest BCUT2D eigenvalue weighted by atomic mass is 35.5. The maximum absolute atomic E-state index is 11.1. The van der Waals surface area contributed by atoms with Crippen molar-refractivity contribution in [2.75, 3.05) is 0 Å². The highest BCUT2D eigenvalue weighted by Crippen LogP contribution is 2.31. The van der Waals surface area contributed by atoms with E-state index in [0.29, 0.717) is 0 Å². The maximum atomic E-state index is 11.1. The first kappa shape index (κ1) is 21.1. The van der Waals surface area contributed by atoms with Crippen molar-refractivity contribution in [3.63, 3.8) is 0 Å². The van der Waals surface area contributed by atoms with Crippen molar-refractivity contribution in [3.8, 4) is 11.3 Å². The van der Waals surface area contributed by atoms with Crippen LogP contribution in [0.3, 0.4) is 0 Å². The van der Waals surface area contributed by atoms with Crippen molar-refractivity contribution in [1.82, 2.24) is 4.98 Å². The van der Waals surface area contributed by atoms with E-state index in [0.717, 1.165) is 47.5 Å². The van der Waals surface area contributed by atoms with E-state index in [1.807, 2.05) is 44.2 Å². The molecule has 0 atom stereocenters. The molecule has 1 aliphatic rings. The van der Waals surface area contributed by atoms with Gasteiger partial charge in [0.15, 0.2) is 0 Å². The molecule has 29 heavy (non-hydrogen) atoms. The van der Waals surface area contributed by atoms with Crippen LogP contribution >= 0.6 is 11.6 Å². The Balaban J connectivity index is 0.00000117. The fourth-order valence-electron chi connectivity index (χ4n) is 3.78. The van der Waals surface area contributed by atoms with E-state index in [9.17, 15) is 4.79 Å². The number of carbonyl (C=O) groups is 1. The maximum Gasteiger partial charge on any atom is 0.221 e. The van der Waals surface area contributed by atoms with Crippen LogP contribution in [0, 0.1) is 0 Å².